The van der Waals surface area contributed by atoms with Crippen molar-refractivity contribution in [3.63, 3.8) is 0 Å². The average molecular weight is 365 g/mol. The van der Waals surface area contributed by atoms with E-state index in [-0.39, 0.29) is 12.5 Å². The number of thiophene rings is 1. The van der Waals surface area contributed by atoms with Crippen molar-refractivity contribution in [1.29, 1.82) is 0 Å². The zero-order valence-corrected chi connectivity index (χ0v) is 14.1. The number of benzene rings is 1. The summed E-state index contributed by atoms with van der Waals surface area (Å²) in [6, 6.07) is 6.82. The summed E-state index contributed by atoms with van der Waals surface area (Å²) in [6.45, 7) is 1.19. The molecule has 0 aliphatic carbocycles. The Hall–Kier alpha value is -2.94. The van der Waals surface area contributed by atoms with E-state index in [9.17, 15) is 18.8 Å². The second kappa shape index (κ2) is 8.78. The summed E-state index contributed by atoms with van der Waals surface area (Å²) in [5.74, 6) is -1.66. The quantitative estimate of drug-likeness (QED) is 0.671. The highest BCUT2D eigenvalue weighted by Gasteiger charge is 2.16. The lowest BCUT2D eigenvalue weighted by Gasteiger charge is -2.15. The zero-order valence-electron chi connectivity index (χ0n) is 13.2. The Labute approximate surface area is 147 Å². The van der Waals surface area contributed by atoms with E-state index in [0.717, 1.165) is 0 Å². The second-order valence-electron chi connectivity index (χ2n) is 4.95. The fourth-order valence-corrected chi connectivity index (χ4v) is 2.34. The van der Waals surface area contributed by atoms with Gasteiger partial charge in [-0.2, -0.15) is 11.3 Å². The first-order valence-corrected chi connectivity index (χ1v) is 8.21. The minimum absolute atomic E-state index is 0.290. The van der Waals surface area contributed by atoms with E-state index >= 15 is 0 Å². The van der Waals surface area contributed by atoms with Crippen molar-refractivity contribution in [1.82, 2.24) is 16.2 Å². The number of amides is 3. The summed E-state index contributed by atoms with van der Waals surface area (Å²) < 4.78 is 18.1. The maximum Gasteiger partial charge on any atom is 0.279 e. The van der Waals surface area contributed by atoms with Gasteiger partial charge < -0.3 is 10.1 Å². The summed E-state index contributed by atoms with van der Waals surface area (Å²) in [5, 5.41) is 5.82. The van der Waals surface area contributed by atoms with Crippen molar-refractivity contribution in [2.75, 3.05) is 6.54 Å². The third-order valence-electron chi connectivity index (χ3n) is 3.01. The Balaban J connectivity index is 1.70. The molecule has 0 saturated carbocycles. The van der Waals surface area contributed by atoms with Crippen LogP contribution >= 0.6 is 11.3 Å². The van der Waals surface area contributed by atoms with Gasteiger partial charge in [0.2, 0.25) is 0 Å². The Morgan fingerprint density at radius 2 is 1.88 bits per heavy atom. The fraction of sp³-hybridized carbons (Fsp3) is 0.188. The van der Waals surface area contributed by atoms with Crippen LogP contribution in [0.5, 0.6) is 5.75 Å². The van der Waals surface area contributed by atoms with Gasteiger partial charge in [0.1, 0.15) is 11.6 Å². The monoisotopic (exact) mass is 365 g/mol. The van der Waals surface area contributed by atoms with Crippen LogP contribution in [0.15, 0.2) is 41.1 Å². The lowest BCUT2D eigenvalue weighted by Crippen LogP contribution is -2.50. The van der Waals surface area contributed by atoms with Crippen LogP contribution in [0.1, 0.15) is 17.3 Å². The number of halogens is 1. The molecule has 9 heteroatoms. The van der Waals surface area contributed by atoms with Crippen molar-refractivity contribution >= 4 is 29.1 Å². The molecule has 0 fully saturated rings. The summed E-state index contributed by atoms with van der Waals surface area (Å²) in [5.41, 5.74) is 4.82. The number of nitrogens with one attached hydrogen (secondary N) is 3. The molecule has 0 radical (unpaired) electrons. The number of carbonyl (C=O) groups excluding carboxylic acids is 3. The number of rotatable bonds is 6. The van der Waals surface area contributed by atoms with Crippen molar-refractivity contribution in [3.8, 4) is 5.75 Å². The maximum atomic E-state index is 12.8. The molecule has 0 spiro atoms. The van der Waals surface area contributed by atoms with Gasteiger partial charge in [-0.25, -0.2) is 4.39 Å². The van der Waals surface area contributed by atoms with Crippen LogP contribution in [0, 0.1) is 5.82 Å². The van der Waals surface area contributed by atoms with Gasteiger partial charge in [-0.05, 0) is 42.6 Å². The van der Waals surface area contributed by atoms with Gasteiger partial charge in [0, 0.05) is 10.9 Å². The van der Waals surface area contributed by atoms with Crippen LogP contribution in [0.3, 0.4) is 0 Å². The molecule has 7 nitrogen and oxygen atoms in total. The van der Waals surface area contributed by atoms with Gasteiger partial charge in [-0.3, -0.25) is 25.2 Å². The van der Waals surface area contributed by atoms with Gasteiger partial charge in [-0.15, -0.1) is 0 Å². The van der Waals surface area contributed by atoms with Crippen LogP contribution in [-0.4, -0.2) is 30.4 Å². The number of ether oxygens (including phenoxy) is 1. The molecule has 3 N–H and O–H groups in total. The molecule has 1 unspecified atom stereocenters. The smallest absolute Gasteiger partial charge is 0.279 e. The topological polar surface area (TPSA) is 96.5 Å². The highest BCUT2D eigenvalue weighted by atomic mass is 32.1. The Kier molecular flexibility index (Phi) is 6.47. The van der Waals surface area contributed by atoms with E-state index in [1.165, 1.54) is 42.5 Å². The van der Waals surface area contributed by atoms with Crippen molar-refractivity contribution in [3.05, 3.63) is 52.5 Å². The predicted molar refractivity (Wildman–Crippen MR) is 89.4 cm³/mol. The molecule has 0 saturated heterocycles. The summed E-state index contributed by atoms with van der Waals surface area (Å²) >= 11 is 1.37. The summed E-state index contributed by atoms with van der Waals surface area (Å²) in [4.78, 5) is 35.1. The van der Waals surface area contributed by atoms with E-state index in [1.807, 2.05) is 0 Å². The number of hydrazine groups is 1. The second-order valence-corrected chi connectivity index (χ2v) is 5.73. The average Bonchev–Trinajstić information content (AvgIpc) is 3.14. The van der Waals surface area contributed by atoms with E-state index in [4.69, 9.17) is 4.74 Å². The zero-order chi connectivity index (χ0) is 18.2. The van der Waals surface area contributed by atoms with Crippen molar-refractivity contribution in [2.45, 2.75) is 13.0 Å². The Bertz CT molecular complexity index is 734. The fourth-order valence-electron chi connectivity index (χ4n) is 1.70. The Morgan fingerprint density at radius 3 is 2.52 bits per heavy atom. The SMILES string of the molecule is CC(Oc1ccc(F)cc1)C(=O)NNC(=O)CNC(=O)c1ccsc1. The molecule has 1 atom stereocenters. The van der Waals surface area contributed by atoms with Gasteiger partial charge in [0.15, 0.2) is 6.10 Å². The molecule has 2 aromatic rings. The first-order valence-electron chi connectivity index (χ1n) is 7.27. The lowest BCUT2D eigenvalue weighted by molar-refractivity contribution is -0.132. The van der Waals surface area contributed by atoms with Crippen molar-refractivity contribution < 1.29 is 23.5 Å². The molecule has 25 heavy (non-hydrogen) atoms. The van der Waals surface area contributed by atoms with Gasteiger partial charge >= 0.3 is 0 Å². The first-order chi connectivity index (χ1) is 12.0. The minimum atomic E-state index is -0.911. The van der Waals surface area contributed by atoms with E-state index < -0.39 is 23.7 Å². The molecular weight excluding hydrogens is 349 g/mol. The highest BCUT2D eigenvalue weighted by molar-refractivity contribution is 7.08. The predicted octanol–water partition coefficient (Wildman–Crippen LogP) is 1.23. The lowest BCUT2D eigenvalue weighted by atomic mass is 10.3. The molecule has 0 aliphatic rings. The van der Waals surface area contributed by atoms with E-state index in [0.29, 0.717) is 11.3 Å². The van der Waals surface area contributed by atoms with Gasteiger partial charge in [-0.1, -0.05) is 0 Å². The van der Waals surface area contributed by atoms with Crippen LogP contribution < -0.4 is 20.9 Å². The molecule has 2 rings (SSSR count). The standard InChI is InChI=1S/C16H16FN3O4S/c1-10(24-13-4-2-12(17)3-5-13)15(22)20-19-14(21)8-18-16(23)11-6-7-25-9-11/h2-7,9-10H,8H2,1H3,(H,18,23)(H,19,21)(H,20,22). The third-order valence-corrected chi connectivity index (χ3v) is 3.70. The number of hydrogen-bond acceptors (Lipinski definition) is 5. The van der Waals surface area contributed by atoms with Crippen LogP contribution in [0.2, 0.25) is 0 Å². The molecule has 132 valence electrons. The molecule has 0 aliphatic heterocycles. The van der Waals surface area contributed by atoms with E-state index in [2.05, 4.69) is 16.2 Å². The maximum absolute atomic E-state index is 12.8. The summed E-state index contributed by atoms with van der Waals surface area (Å²) in [6.07, 6.45) is -0.911. The first kappa shape index (κ1) is 18.4. The normalized spacial score (nSPS) is 11.3. The highest BCUT2D eigenvalue weighted by Crippen LogP contribution is 2.12. The van der Waals surface area contributed by atoms with Gasteiger partial charge in [0.05, 0.1) is 6.54 Å². The van der Waals surface area contributed by atoms with Crippen molar-refractivity contribution in [2.24, 2.45) is 0 Å². The minimum Gasteiger partial charge on any atom is -0.481 e. The van der Waals surface area contributed by atoms with Crippen LogP contribution in [0.25, 0.3) is 0 Å². The third kappa shape index (κ3) is 5.88. The molecule has 1 heterocycles. The molecule has 1 aromatic carbocycles. The summed E-state index contributed by atoms with van der Waals surface area (Å²) in [7, 11) is 0. The molecule has 3 amide bonds. The largest absolute Gasteiger partial charge is 0.481 e. The molecular formula is C16H16FN3O4S. The Morgan fingerprint density at radius 1 is 1.16 bits per heavy atom. The number of carbonyl (C=O) groups is 3. The van der Waals surface area contributed by atoms with E-state index in [1.54, 1.807) is 16.8 Å². The molecule has 1 aromatic heterocycles. The van der Waals surface area contributed by atoms with Crippen LogP contribution in [0.4, 0.5) is 4.39 Å². The van der Waals surface area contributed by atoms with Gasteiger partial charge in [0.25, 0.3) is 17.7 Å². The number of hydrogen-bond donors (Lipinski definition) is 3. The van der Waals surface area contributed by atoms with Crippen LogP contribution in [-0.2, 0) is 9.59 Å². The molecule has 0 bridgehead atoms.